The highest BCUT2D eigenvalue weighted by atomic mass is 16.3. The van der Waals surface area contributed by atoms with Crippen LogP contribution < -0.4 is 11.1 Å². The molecule has 0 saturated carbocycles. The van der Waals surface area contributed by atoms with Crippen LogP contribution in [0.5, 0.6) is 5.75 Å². The minimum Gasteiger partial charge on any atom is -0.508 e. The molecule has 0 radical (unpaired) electrons. The summed E-state index contributed by atoms with van der Waals surface area (Å²) < 4.78 is 0. The van der Waals surface area contributed by atoms with E-state index in [2.05, 4.69) is 10.3 Å². The van der Waals surface area contributed by atoms with Crippen molar-refractivity contribution in [1.82, 2.24) is 4.98 Å². The lowest BCUT2D eigenvalue weighted by atomic mass is 10.0. The molecule has 94 valence electrons. The van der Waals surface area contributed by atoms with Crippen molar-refractivity contribution in [2.24, 2.45) is 5.73 Å². The number of primary amides is 1. The largest absolute Gasteiger partial charge is 0.508 e. The maximum atomic E-state index is 11.3. The van der Waals surface area contributed by atoms with E-state index in [1.165, 1.54) is 0 Å². The molecule has 4 N–H and O–H groups in total. The minimum absolute atomic E-state index is 0.149. The first kappa shape index (κ1) is 12.2. The minimum atomic E-state index is -0.910. The molecule has 0 saturated heterocycles. The zero-order chi connectivity index (χ0) is 13.3. The first-order valence-corrected chi connectivity index (χ1v) is 5.56. The standard InChI is InChI=1S/C13H15N3O2/c1-13(2,12(14)18)16-11-10-7-9(17)4-3-8(10)5-6-15-11/h3-7,17H,1-2H3,(H2,14,18)(H,15,16). The van der Waals surface area contributed by atoms with Gasteiger partial charge in [0.25, 0.3) is 0 Å². The third-order valence-corrected chi connectivity index (χ3v) is 2.80. The number of fused-ring (bicyclic) bond motifs is 1. The number of nitrogens with one attached hydrogen (secondary N) is 1. The Morgan fingerprint density at radius 1 is 1.39 bits per heavy atom. The Morgan fingerprint density at radius 2 is 2.11 bits per heavy atom. The van der Waals surface area contributed by atoms with Gasteiger partial charge in [-0.3, -0.25) is 4.79 Å². The quantitative estimate of drug-likeness (QED) is 0.766. The van der Waals surface area contributed by atoms with Gasteiger partial charge in [-0.1, -0.05) is 6.07 Å². The number of phenolic OH excluding ortho intramolecular Hbond substituents is 1. The number of rotatable bonds is 3. The van der Waals surface area contributed by atoms with E-state index in [4.69, 9.17) is 5.73 Å². The normalized spacial score (nSPS) is 11.4. The average Bonchev–Trinajstić information content (AvgIpc) is 2.29. The first-order valence-electron chi connectivity index (χ1n) is 5.56. The number of benzene rings is 1. The predicted octanol–water partition coefficient (Wildman–Crippen LogP) is 1.62. The van der Waals surface area contributed by atoms with Crippen LogP contribution in [0.1, 0.15) is 13.8 Å². The maximum absolute atomic E-state index is 11.3. The van der Waals surface area contributed by atoms with Gasteiger partial charge in [0.2, 0.25) is 5.91 Å². The van der Waals surface area contributed by atoms with Crippen molar-refractivity contribution >= 4 is 22.5 Å². The van der Waals surface area contributed by atoms with Crippen LogP contribution in [-0.2, 0) is 4.79 Å². The Balaban J connectivity index is 2.51. The van der Waals surface area contributed by atoms with E-state index in [-0.39, 0.29) is 5.75 Å². The van der Waals surface area contributed by atoms with Gasteiger partial charge in [0, 0.05) is 11.6 Å². The summed E-state index contributed by atoms with van der Waals surface area (Å²) in [7, 11) is 0. The Morgan fingerprint density at radius 3 is 2.78 bits per heavy atom. The molecule has 5 nitrogen and oxygen atoms in total. The van der Waals surface area contributed by atoms with Crippen molar-refractivity contribution in [2.75, 3.05) is 5.32 Å². The van der Waals surface area contributed by atoms with Crippen molar-refractivity contribution in [3.05, 3.63) is 30.5 Å². The smallest absolute Gasteiger partial charge is 0.242 e. The van der Waals surface area contributed by atoms with Crippen molar-refractivity contribution in [3.8, 4) is 5.75 Å². The van der Waals surface area contributed by atoms with Crippen LogP contribution in [0, 0.1) is 0 Å². The molecule has 0 atom stereocenters. The van der Waals surface area contributed by atoms with E-state index in [1.807, 2.05) is 6.07 Å². The lowest BCUT2D eigenvalue weighted by Gasteiger charge is -2.23. The van der Waals surface area contributed by atoms with Crippen LogP contribution in [0.15, 0.2) is 30.5 Å². The fourth-order valence-corrected chi connectivity index (χ4v) is 1.61. The molecule has 2 rings (SSSR count). The molecule has 0 aliphatic heterocycles. The number of carbonyl (C=O) groups excluding carboxylic acids is 1. The molecule has 18 heavy (non-hydrogen) atoms. The fourth-order valence-electron chi connectivity index (χ4n) is 1.61. The van der Waals surface area contributed by atoms with Gasteiger partial charge in [-0.05, 0) is 37.4 Å². The van der Waals surface area contributed by atoms with E-state index >= 15 is 0 Å². The molecule has 1 aromatic heterocycles. The molecule has 0 fully saturated rings. The summed E-state index contributed by atoms with van der Waals surface area (Å²) in [6, 6.07) is 6.82. The molecule has 0 unspecified atom stereocenters. The van der Waals surface area contributed by atoms with Crippen LogP contribution in [0.3, 0.4) is 0 Å². The number of aromatic nitrogens is 1. The number of pyridine rings is 1. The third kappa shape index (κ3) is 2.20. The van der Waals surface area contributed by atoms with Gasteiger partial charge < -0.3 is 16.2 Å². The number of carbonyl (C=O) groups is 1. The molecule has 1 amide bonds. The zero-order valence-corrected chi connectivity index (χ0v) is 10.3. The Hall–Kier alpha value is -2.30. The number of nitrogens with two attached hydrogens (primary N) is 1. The summed E-state index contributed by atoms with van der Waals surface area (Å²) in [5, 5.41) is 14.2. The van der Waals surface area contributed by atoms with Crippen molar-refractivity contribution in [3.63, 3.8) is 0 Å². The van der Waals surface area contributed by atoms with Gasteiger partial charge in [-0.25, -0.2) is 4.98 Å². The van der Waals surface area contributed by atoms with Gasteiger partial charge in [0.1, 0.15) is 17.1 Å². The summed E-state index contributed by atoms with van der Waals surface area (Å²) in [6.07, 6.45) is 1.64. The van der Waals surface area contributed by atoms with E-state index in [1.54, 1.807) is 38.2 Å². The van der Waals surface area contributed by atoms with Gasteiger partial charge >= 0.3 is 0 Å². The summed E-state index contributed by atoms with van der Waals surface area (Å²) in [5.74, 6) is 0.198. The molecular weight excluding hydrogens is 230 g/mol. The molecule has 5 heteroatoms. The van der Waals surface area contributed by atoms with Crippen LogP contribution in [0.2, 0.25) is 0 Å². The van der Waals surface area contributed by atoms with Crippen molar-refractivity contribution < 1.29 is 9.90 Å². The van der Waals surface area contributed by atoms with Gasteiger partial charge in [-0.2, -0.15) is 0 Å². The highest BCUT2D eigenvalue weighted by Gasteiger charge is 2.25. The number of anilines is 1. The van der Waals surface area contributed by atoms with Gasteiger partial charge in [0.15, 0.2) is 0 Å². The molecule has 0 aliphatic rings. The lowest BCUT2D eigenvalue weighted by molar-refractivity contribution is -0.121. The highest BCUT2D eigenvalue weighted by molar-refractivity contribution is 5.95. The summed E-state index contributed by atoms with van der Waals surface area (Å²) in [5.41, 5.74) is 4.40. The predicted molar refractivity (Wildman–Crippen MR) is 70.3 cm³/mol. The second kappa shape index (κ2) is 4.18. The summed E-state index contributed by atoms with van der Waals surface area (Å²) >= 11 is 0. The molecular formula is C13H15N3O2. The molecule has 1 aromatic carbocycles. The summed E-state index contributed by atoms with van der Waals surface area (Å²) in [4.78, 5) is 15.5. The molecule has 1 heterocycles. The van der Waals surface area contributed by atoms with Crippen LogP contribution in [0.4, 0.5) is 5.82 Å². The lowest BCUT2D eigenvalue weighted by Crippen LogP contribution is -2.45. The van der Waals surface area contributed by atoms with E-state index in [0.717, 1.165) is 10.8 Å². The SMILES string of the molecule is CC(C)(Nc1nccc2ccc(O)cc12)C(N)=O. The maximum Gasteiger partial charge on any atom is 0.242 e. The van der Waals surface area contributed by atoms with E-state index in [9.17, 15) is 9.90 Å². The van der Waals surface area contributed by atoms with Crippen LogP contribution in [-0.4, -0.2) is 21.5 Å². The van der Waals surface area contributed by atoms with Crippen molar-refractivity contribution in [2.45, 2.75) is 19.4 Å². The topological polar surface area (TPSA) is 88.2 Å². The van der Waals surface area contributed by atoms with Crippen LogP contribution in [0.25, 0.3) is 10.8 Å². The second-order valence-corrected chi connectivity index (χ2v) is 4.68. The Kier molecular flexibility index (Phi) is 2.82. The average molecular weight is 245 g/mol. The first-order chi connectivity index (χ1) is 8.40. The number of hydrogen-bond donors (Lipinski definition) is 3. The molecule has 2 aromatic rings. The highest BCUT2D eigenvalue weighted by Crippen LogP contribution is 2.26. The van der Waals surface area contributed by atoms with Crippen LogP contribution >= 0.6 is 0 Å². The number of amides is 1. The third-order valence-electron chi connectivity index (χ3n) is 2.80. The number of nitrogens with zero attached hydrogens (tertiary/aromatic N) is 1. The van der Waals surface area contributed by atoms with E-state index < -0.39 is 11.4 Å². The molecule has 0 spiro atoms. The molecule has 0 bridgehead atoms. The van der Waals surface area contributed by atoms with E-state index in [0.29, 0.717) is 5.82 Å². The number of hydrogen-bond acceptors (Lipinski definition) is 4. The van der Waals surface area contributed by atoms with Crippen molar-refractivity contribution in [1.29, 1.82) is 0 Å². The second-order valence-electron chi connectivity index (χ2n) is 4.68. The number of aromatic hydroxyl groups is 1. The Labute approximate surface area is 105 Å². The van der Waals surface area contributed by atoms with Gasteiger partial charge in [-0.15, -0.1) is 0 Å². The zero-order valence-electron chi connectivity index (χ0n) is 10.3. The molecule has 0 aliphatic carbocycles. The van der Waals surface area contributed by atoms with Gasteiger partial charge in [0.05, 0.1) is 0 Å². The monoisotopic (exact) mass is 245 g/mol. The fraction of sp³-hybridized carbons (Fsp3) is 0.231. The number of phenols is 1. The summed E-state index contributed by atoms with van der Waals surface area (Å²) in [6.45, 7) is 3.36. The Bertz CT molecular complexity index is 608.